The van der Waals surface area contributed by atoms with Crippen LogP contribution in [0.15, 0.2) is 60.7 Å². The molecule has 1 heterocycles. The SMILES string of the molecule is CC(C)(C)[Si](C)(C)O[C@H]1C[C@@H]2O[C@H](c3ccccc3)OC[C@H]2[C@H](OCc2ccccc2)C1. The van der Waals surface area contributed by atoms with Crippen LogP contribution in [-0.2, 0) is 25.2 Å². The summed E-state index contributed by atoms with van der Waals surface area (Å²) >= 11 is 0. The number of ether oxygens (including phenoxy) is 3. The Kier molecular flexibility index (Phi) is 7.23. The van der Waals surface area contributed by atoms with Gasteiger partial charge < -0.3 is 18.6 Å². The summed E-state index contributed by atoms with van der Waals surface area (Å²) < 4.78 is 26.0. The third-order valence-electron chi connectivity index (χ3n) is 7.33. The Morgan fingerprint density at radius 1 is 0.938 bits per heavy atom. The smallest absolute Gasteiger partial charge is 0.192 e. The molecule has 5 heteroatoms. The second-order valence-corrected chi connectivity index (χ2v) is 15.5. The number of hydrogen-bond donors (Lipinski definition) is 0. The minimum atomic E-state index is -1.89. The second-order valence-electron chi connectivity index (χ2n) is 10.7. The number of rotatable bonds is 6. The molecule has 1 aliphatic carbocycles. The first-order valence-corrected chi connectivity index (χ1v) is 14.8. The Hall–Kier alpha value is -1.50. The number of hydrogen-bond acceptors (Lipinski definition) is 4. The highest BCUT2D eigenvalue weighted by atomic mass is 28.4. The standard InChI is InChI=1S/C27H38O4Si/c1-27(2,3)32(4,5)31-22-16-24(28-18-20-12-8-6-9-13-20)23-19-29-26(30-25(23)17-22)21-14-10-7-11-15-21/h6-15,22-26H,16-19H2,1-5H3/t22-,23+,24-,25+,26-/m1/s1. The third kappa shape index (κ3) is 5.52. The van der Waals surface area contributed by atoms with Crippen LogP contribution in [0.3, 0.4) is 0 Å². The summed E-state index contributed by atoms with van der Waals surface area (Å²) in [5, 5.41) is 0.174. The van der Waals surface area contributed by atoms with Crippen molar-refractivity contribution in [2.45, 2.75) is 83.0 Å². The van der Waals surface area contributed by atoms with Crippen molar-refractivity contribution in [3.05, 3.63) is 71.8 Å². The largest absolute Gasteiger partial charge is 0.414 e. The lowest BCUT2D eigenvalue weighted by Crippen LogP contribution is -2.53. The van der Waals surface area contributed by atoms with E-state index in [0.29, 0.717) is 13.2 Å². The van der Waals surface area contributed by atoms with Crippen LogP contribution in [-0.4, -0.2) is 33.2 Å². The van der Waals surface area contributed by atoms with Crippen molar-refractivity contribution < 1.29 is 18.6 Å². The van der Waals surface area contributed by atoms with E-state index in [2.05, 4.69) is 70.3 Å². The first-order valence-electron chi connectivity index (χ1n) is 11.9. The van der Waals surface area contributed by atoms with Gasteiger partial charge in [-0.3, -0.25) is 0 Å². The van der Waals surface area contributed by atoms with Gasteiger partial charge in [0.1, 0.15) is 0 Å². The molecule has 2 aliphatic rings. The summed E-state index contributed by atoms with van der Waals surface area (Å²) in [5.41, 5.74) is 2.26. The monoisotopic (exact) mass is 454 g/mol. The molecule has 0 unspecified atom stereocenters. The normalized spacial score (nSPS) is 28.8. The van der Waals surface area contributed by atoms with E-state index in [0.717, 1.165) is 18.4 Å². The van der Waals surface area contributed by atoms with Gasteiger partial charge >= 0.3 is 0 Å². The molecule has 0 spiro atoms. The van der Waals surface area contributed by atoms with Gasteiger partial charge in [-0.2, -0.15) is 0 Å². The van der Waals surface area contributed by atoms with Gasteiger partial charge in [-0.15, -0.1) is 0 Å². The zero-order valence-electron chi connectivity index (χ0n) is 20.1. The molecular weight excluding hydrogens is 416 g/mol. The highest BCUT2D eigenvalue weighted by Gasteiger charge is 2.47. The maximum atomic E-state index is 6.85. The van der Waals surface area contributed by atoms with Crippen LogP contribution in [0.4, 0.5) is 0 Å². The van der Waals surface area contributed by atoms with E-state index in [1.165, 1.54) is 5.56 Å². The Bertz CT molecular complexity index is 841. The Balaban J connectivity index is 1.50. The van der Waals surface area contributed by atoms with Crippen molar-refractivity contribution in [1.82, 2.24) is 0 Å². The maximum absolute atomic E-state index is 6.85. The molecule has 0 N–H and O–H groups in total. The quantitative estimate of drug-likeness (QED) is 0.468. The lowest BCUT2D eigenvalue weighted by molar-refractivity contribution is -0.275. The van der Waals surface area contributed by atoms with Gasteiger partial charge in [-0.25, -0.2) is 0 Å². The summed E-state index contributed by atoms with van der Waals surface area (Å²) in [4.78, 5) is 0. The molecule has 4 nitrogen and oxygen atoms in total. The fraction of sp³-hybridized carbons (Fsp3) is 0.556. The molecule has 0 aromatic heterocycles. The van der Waals surface area contributed by atoms with Crippen LogP contribution >= 0.6 is 0 Å². The van der Waals surface area contributed by atoms with Crippen molar-refractivity contribution in [3.63, 3.8) is 0 Å². The van der Waals surface area contributed by atoms with E-state index in [1.807, 2.05) is 24.3 Å². The molecule has 5 atom stereocenters. The number of benzene rings is 2. The predicted molar refractivity (Wildman–Crippen MR) is 130 cm³/mol. The minimum Gasteiger partial charge on any atom is -0.414 e. The second kappa shape index (κ2) is 9.78. The molecule has 0 bridgehead atoms. The summed E-state index contributed by atoms with van der Waals surface area (Å²) in [6.45, 7) is 12.8. The van der Waals surface area contributed by atoms with Gasteiger partial charge in [-0.1, -0.05) is 81.4 Å². The molecule has 0 amide bonds. The Labute approximate surface area is 194 Å². The zero-order valence-corrected chi connectivity index (χ0v) is 21.1. The average Bonchev–Trinajstić information content (AvgIpc) is 2.77. The fourth-order valence-corrected chi connectivity index (χ4v) is 5.79. The first-order chi connectivity index (χ1) is 15.2. The molecule has 1 saturated heterocycles. The number of fused-ring (bicyclic) bond motifs is 1. The summed E-state index contributed by atoms with van der Waals surface area (Å²) in [6.07, 6.45) is 1.74. The molecule has 0 radical (unpaired) electrons. The van der Waals surface area contributed by atoms with Crippen molar-refractivity contribution in [1.29, 1.82) is 0 Å². The molecule has 2 aromatic carbocycles. The lowest BCUT2D eigenvalue weighted by Gasteiger charge is -2.48. The van der Waals surface area contributed by atoms with Crippen LogP contribution in [0.5, 0.6) is 0 Å². The van der Waals surface area contributed by atoms with Gasteiger partial charge in [0.25, 0.3) is 0 Å². The van der Waals surface area contributed by atoms with Gasteiger partial charge in [0.2, 0.25) is 0 Å². The van der Waals surface area contributed by atoms with E-state index < -0.39 is 8.32 Å². The first kappa shape index (κ1) is 23.6. The summed E-state index contributed by atoms with van der Waals surface area (Å²) in [6, 6.07) is 20.6. The Morgan fingerprint density at radius 3 is 2.25 bits per heavy atom. The molecule has 4 rings (SSSR count). The van der Waals surface area contributed by atoms with Crippen LogP contribution in [0.25, 0.3) is 0 Å². The molecule has 2 aromatic rings. The van der Waals surface area contributed by atoms with E-state index in [-0.39, 0.29) is 35.6 Å². The van der Waals surface area contributed by atoms with E-state index in [1.54, 1.807) is 0 Å². The van der Waals surface area contributed by atoms with Gasteiger partial charge in [-0.05, 0) is 36.5 Å². The maximum Gasteiger partial charge on any atom is 0.192 e. The molecular formula is C27H38O4Si. The van der Waals surface area contributed by atoms with Crippen LogP contribution in [0.2, 0.25) is 18.1 Å². The predicted octanol–water partition coefficient (Wildman–Crippen LogP) is 6.49. The highest BCUT2D eigenvalue weighted by molar-refractivity contribution is 6.74. The lowest BCUT2D eigenvalue weighted by atomic mass is 9.82. The molecule has 32 heavy (non-hydrogen) atoms. The minimum absolute atomic E-state index is 0.0560. The summed E-state index contributed by atoms with van der Waals surface area (Å²) in [5.74, 6) is 0.220. The fourth-order valence-electron chi connectivity index (χ4n) is 4.41. The third-order valence-corrected chi connectivity index (χ3v) is 11.9. The van der Waals surface area contributed by atoms with Gasteiger partial charge in [0.05, 0.1) is 31.5 Å². The Morgan fingerprint density at radius 2 is 1.59 bits per heavy atom. The average molecular weight is 455 g/mol. The topological polar surface area (TPSA) is 36.9 Å². The molecule has 1 saturated carbocycles. The van der Waals surface area contributed by atoms with Crippen LogP contribution in [0.1, 0.15) is 51.0 Å². The van der Waals surface area contributed by atoms with Gasteiger partial charge in [0.15, 0.2) is 14.6 Å². The van der Waals surface area contributed by atoms with Crippen molar-refractivity contribution in [2.75, 3.05) is 6.61 Å². The zero-order chi connectivity index (χ0) is 22.8. The van der Waals surface area contributed by atoms with Crippen LogP contribution < -0.4 is 0 Å². The van der Waals surface area contributed by atoms with Crippen molar-refractivity contribution in [3.8, 4) is 0 Å². The van der Waals surface area contributed by atoms with Crippen LogP contribution in [0, 0.1) is 5.92 Å². The highest BCUT2D eigenvalue weighted by Crippen LogP contribution is 2.43. The summed E-state index contributed by atoms with van der Waals surface area (Å²) in [7, 11) is -1.89. The molecule has 1 aliphatic heterocycles. The molecule has 2 fully saturated rings. The van der Waals surface area contributed by atoms with E-state index in [9.17, 15) is 0 Å². The van der Waals surface area contributed by atoms with Gasteiger partial charge in [0, 0.05) is 11.5 Å². The van der Waals surface area contributed by atoms with Crippen molar-refractivity contribution >= 4 is 8.32 Å². The van der Waals surface area contributed by atoms with E-state index in [4.69, 9.17) is 18.6 Å². The van der Waals surface area contributed by atoms with E-state index >= 15 is 0 Å². The van der Waals surface area contributed by atoms with Crippen molar-refractivity contribution in [2.24, 2.45) is 5.92 Å². The molecule has 174 valence electrons.